The Morgan fingerprint density at radius 1 is 0.900 bits per heavy atom. The number of hydrogen-bond acceptors (Lipinski definition) is 2. The molecular weight excluding hydrogens is 424 g/mol. The minimum Gasteiger partial charge on any atom is -0.301 e. The van der Waals surface area contributed by atoms with Gasteiger partial charge < -0.3 is 4.98 Å². The Bertz CT molecular complexity index is 896. The van der Waals surface area contributed by atoms with Crippen molar-refractivity contribution < 1.29 is 20.1 Å². The summed E-state index contributed by atoms with van der Waals surface area (Å²) in [6.07, 6.45) is 1.82. The molecule has 0 amide bonds. The van der Waals surface area contributed by atoms with Crippen molar-refractivity contribution in [3.63, 3.8) is 0 Å². The van der Waals surface area contributed by atoms with Crippen molar-refractivity contribution in [3.05, 3.63) is 60.4 Å². The Hall–Kier alpha value is -1.83. The maximum Gasteiger partial charge on any atom is 0.0548 e. The zero-order valence-corrected chi connectivity index (χ0v) is 13.2. The third-order valence-corrected chi connectivity index (χ3v) is 3.46. The van der Waals surface area contributed by atoms with Crippen molar-refractivity contribution in [2.75, 3.05) is 0 Å². The molecule has 4 aromatic rings. The number of nitrogens with zero attached hydrogens (tertiary/aromatic N) is 2. The van der Waals surface area contributed by atoms with Crippen LogP contribution >= 0.6 is 0 Å². The molecule has 0 N–H and O–H groups in total. The first-order valence-electron chi connectivity index (χ1n) is 6.29. The predicted molar refractivity (Wildman–Crippen MR) is 78.1 cm³/mol. The quantitative estimate of drug-likeness (QED) is 0.308. The number of fused-ring (bicyclic) bond motifs is 6. The molecular formula is C17H11IrN2-. The first kappa shape index (κ1) is 13.2. The molecule has 0 bridgehead atoms. The summed E-state index contributed by atoms with van der Waals surface area (Å²) >= 11 is 0. The Morgan fingerprint density at radius 2 is 1.65 bits per heavy atom. The van der Waals surface area contributed by atoms with Gasteiger partial charge in [-0.15, -0.1) is 29.7 Å². The van der Waals surface area contributed by atoms with Gasteiger partial charge >= 0.3 is 0 Å². The van der Waals surface area contributed by atoms with E-state index in [1.165, 1.54) is 10.8 Å². The fraction of sp³-hybridized carbons (Fsp3) is 0.0588. The van der Waals surface area contributed by atoms with Gasteiger partial charge in [-0.2, -0.15) is 0 Å². The second-order valence-electron chi connectivity index (χ2n) is 4.71. The zero-order valence-electron chi connectivity index (χ0n) is 10.8. The van der Waals surface area contributed by atoms with E-state index in [9.17, 15) is 0 Å². The molecule has 3 aromatic carbocycles. The van der Waals surface area contributed by atoms with Crippen LogP contribution in [0.25, 0.3) is 32.6 Å². The molecule has 0 spiro atoms. The molecule has 4 rings (SSSR count). The number of aromatic nitrogens is 2. The number of hydrogen-bond donors (Lipinski definition) is 0. The molecule has 0 aliphatic rings. The molecule has 20 heavy (non-hydrogen) atoms. The van der Waals surface area contributed by atoms with Gasteiger partial charge in [0.05, 0.1) is 11.2 Å². The van der Waals surface area contributed by atoms with Crippen LogP contribution < -0.4 is 0 Å². The molecule has 99 valence electrons. The van der Waals surface area contributed by atoms with Crippen LogP contribution in [0, 0.1) is 13.0 Å². The summed E-state index contributed by atoms with van der Waals surface area (Å²) in [5.74, 6) is 0. The molecule has 0 unspecified atom stereocenters. The SMILES string of the molecule is Cc1cnc2c3[c-]cccc3c3ccccc3c2n1.[Ir]. The van der Waals surface area contributed by atoms with Gasteiger partial charge in [-0.25, -0.2) is 0 Å². The molecule has 1 aromatic heterocycles. The summed E-state index contributed by atoms with van der Waals surface area (Å²) in [5.41, 5.74) is 2.83. The fourth-order valence-electron chi connectivity index (χ4n) is 2.63. The van der Waals surface area contributed by atoms with Crippen LogP contribution in [0.3, 0.4) is 0 Å². The molecule has 2 nitrogen and oxygen atoms in total. The maximum absolute atomic E-state index is 4.67. The van der Waals surface area contributed by atoms with E-state index in [4.69, 9.17) is 0 Å². The van der Waals surface area contributed by atoms with Crippen LogP contribution in [0.4, 0.5) is 0 Å². The minimum absolute atomic E-state index is 0. The third-order valence-electron chi connectivity index (χ3n) is 3.46. The molecule has 1 radical (unpaired) electrons. The normalized spacial score (nSPS) is 10.8. The first-order valence-corrected chi connectivity index (χ1v) is 6.29. The van der Waals surface area contributed by atoms with E-state index >= 15 is 0 Å². The van der Waals surface area contributed by atoms with Crippen molar-refractivity contribution in [3.8, 4) is 0 Å². The van der Waals surface area contributed by atoms with Crippen molar-refractivity contribution in [1.29, 1.82) is 0 Å². The number of benzene rings is 3. The topological polar surface area (TPSA) is 25.8 Å². The average molecular weight is 436 g/mol. The van der Waals surface area contributed by atoms with Gasteiger partial charge in [0.2, 0.25) is 0 Å². The van der Waals surface area contributed by atoms with E-state index < -0.39 is 0 Å². The van der Waals surface area contributed by atoms with Gasteiger partial charge in [0.1, 0.15) is 0 Å². The average Bonchev–Trinajstić information content (AvgIpc) is 2.47. The van der Waals surface area contributed by atoms with Crippen LogP contribution in [-0.4, -0.2) is 9.97 Å². The largest absolute Gasteiger partial charge is 0.301 e. The summed E-state index contributed by atoms with van der Waals surface area (Å²) in [7, 11) is 0. The van der Waals surface area contributed by atoms with E-state index in [1.54, 1.807) is 0 Å². The van der Waals surface area contributed by atoms with Crippen molar-refractivity contribution in [1.82, 2.24) is 9.97 Å². The van der Waals surface area contributed by atoms with Crippen molar-refractivity contribution >= 4 is 32.6 Å². The molecule has 0 atom stereocenters. The zero-order chi connectivity index (χ0) is 12.8. The molecule has 3 heteroatoms. The maximum atomic E-state index is 4.67. The van der Waals surface area contributed by atoms with Crippen LogP contribution in [0.1, 0.15) is 5.69 Å². The number of aryl methyl sites for hydroxylation is 1. The van der Waals surface area contributed by atoms with E-state index in [0.717, 1.165) is 27.5 Å². The van der Waals surface area contributed by atoms with Gasteiger partial charge in [-0.3, -0.25) is 4.98 Å². The van der Waals surface area contributed by atoms with E-state index in [1.807, 2.05) is 31.3 Å². The van der Waals surface area contributed by atoms with Gasteiger partial charge in [-0.1, -0.05) is 35.0 Å². The Balaban J connectivity index is 0.00000121. The Kier molecular flexibility index (Phi) is 3.25. The molecule has 0 aliphatic heterocycles. The van der Waals surface area contributed by atoms with Gasteiger partial charge in [0.25, 0.3) is 0 Å². The second-order valence-corrected chi connectivity index (χ2v) is 4.71. The van der Waals surface area contributed by atoms with Gasteiger partial charge in [0, 0.05) is 31.8 Å². The monoisotopic (exact) mass is 436 g/mol. The molecule has 0 saturated heterocycles. The summed E-state index contributed by atoms with van der Waals surface area (Å²) in [6, 6.07) is 17.7. The summed E-state index contributed by atoms with van der Waals surface area (Å²) < 4.78 is 0. The summed E-state index contributed by atoms with van der Waals surface area (Å²) in [4.78, 5) is 9.24. The molecule has 1 heterocycles. The predicted octanol–water partition coefficient (Wildman–Crippen LogP) is 4.04. The van der Waals surface area contributed by atoms with E-state index in [2.05, 4.69) is 40.3 Å². The number of rotatable bonds is 0. The van der Waals surface area contributed by atoms with E-state index in [-0.39, 0.29) is 20.1 Å². The van der Waals surface area contributed by atoms with Gasteiger partial charge in [-0.05, 0) is 12.3 Å². The second kappa shape index (κ2) is 4.93. The van der Waals surface area contributed by atoms with Crippen molar-refractivity contribution in [2.24, 2.45) is 0 Å². The Labute approximate surface area is 130 Å². The standard InChI is InChI=1S/C17H11N2.Ir/c1-11-10-18-16-14-8-4-2-6-12(14)13-7-3-5-9-15(13)17(16)19-11;/h2-7,9-10H,1H3;/q-1;. The molecule has 0 aliphatic carbocycles. The van der Waals surface area contributed by atoms with Crippen LogP contribution in [0.15, 0.2) is 48.7 Å². The summed E-state index contributed by atoms with van der Waals surface area (Å²) in [6.45, 7) is 1.97. The summed E-state index contributed by atoms with van der Waals surface area (Å²) in [5, 5.41) is 4.59. The fourth-order valence-corrected chi connectivity index (χ4v) is 2.63. The van der Waals surface area contributed by atoms with Crippen molar-refractivity contribution in [2.45, 2.75) is 6.92 Å². The minimum atomic E-state index is 0. The molecule has 0 saturated carbocycles. The first-order chi connectivity index (χ1) is 9.34. The third kappa shape index (κ3) is 1.82. The smallest absolute Gasteiger partial charge is 0.0548 e. The van der Waals surface area contributed by atoms with Crippen LogP contribution in [0.5, 0.6) is 0 Å². The van der Waals surface area contributed by atoms with Crippen LogP contribution in [0.2, 0.25) is 0 Å². The molecule has 0 fully saturated rings. The van der Waals surface area contributed by atoms with Gasteiger partial charge in [0.15, 0.2) is 0 Å². The van der Waals surface area contributed by atoms with Crippen LogP contribution in [-0.2, 0) is 20.1 Å². The Morgan fingerprint density at radius 3 is 2.50 bits per heavy atom. The van der Waals surface area contributed by atoms with E-state index in [0.29, 0.717) is 0 Å².